The predicted molar refractivity (Wildman–Crippen MR) is 115 cm³/mol. The normalized spacial score (nSPS) is 18.9. The highest BCUT2D eigenvalue weighted by Crippen LogP contribution is 2.35. The number of hydrogen-bond acceptors (Lipinski definition) is 4. The lowest BCUT2D eigenvalue weighted by Gasteiger charge is -2.36. The Bertz CT molecular complexity index is 1060. The molecule has 1 N–H and O–H groups in total. The summed E-state index contributed by atoms with van der Waals surface area (Å²) in [6.07, 6.45) is 3.78. The Morgan fingerprint density at radius 2 is 1.90 bits per heavy atom. The molecule has 4 rings (SSSR count). The number of rotatable bonds is 4. The molecule has 4 nitrogen and oxygen atoms in total. The summed E-state index contributed by atoms with van der Waals surface area (Å²) in [6, 6.07) is 16.6. The summed E-state index contributed by atoms with van der Waals surface area (Å²) in [6.45, 7) is 0. The highest BCUT2D eigenvalue weighted by Gasteiger charge is 2.26. The Labute approximate surface area is 173 Å². The van der Waals surface area contributed by atoms with E-state index in [2.05, 4.69) is 35.5 Å². The van der Waals surface area contributed by atoms with Gasteiger partial charge in [0.15, 0.2) is 0 Å². The lowest BCUT2D eigenvalue weighted by atomic mass is 9.89. The van der Waals surface area contributed by atoms with E-state index in [4.69, 9.17) is 0 Å². The van der Waals surface area contributed by atoms with Crippen molar-refractivity contribution in [3.8, 4) is 6.07 Å². The van der Waals surface area contributed by atoms with Gasteiger partial charge in [-0.1, -0.05) is 6.07 Å². The van der Waals surface area contributed by atoms with Crippen molar-refractivity contribution >= 4 is 33.0 Å². The van der Waals surface area contributed by atoms with Crippen molar-refractivity contribution in [1.29, 1.82) is 5.26 Å². The topological polar surface area (TPSA) is 56.1 Å². The summed E-state index contributed by atoms with van der Waals surface area (Å²) in [5, 5.41) is 13.4. The van der Waals surface area contributed by atoms with Gasteiger partial charge in [0, 0.05) is 40.5 Å². The molecule has 1 aliphatic carbocycles. The van der Waals surface area contributed by atoms with Crippen LogP contribution in [0.2, 0.25) is 0 Å². The lowest BCUT2D eigenvalue weighted by Crippen LogP contribution is -2.43. The lowest BCUT2D eigenvalue weighted by molar-refractivity contribution is 0.0926. The molecule has 0 spiro atoms. The van der Waals surface area contributed by atoms with E-state index in [9.17, 15) is 14.4 Å². The minimum Gasteiger partial charge on any atom is -0.371 e. The van der Waals surface area contributed by atoms with E-state index in [0.717, 1.165) is 46.3 Å². The van der Waals surface area contributed by atoms with Gasteiger partial charge >= 0.3 is 0 Å². The average Bonchev–Trinajstić information content (AvgIpc) is 3.18. The van der Waals surface area contributed by atoms with E-state index in [1.807, 2.05) is 12.1 Å². The molecule has 0 bridgehead atoms. The number of nitriles is 1. The first-order chi connectivity index (χ1) is 14.0. The number of hydrogen-bond donors (Lipinski definition) is 1. The molecule has 1 amide bonds. The third-order valence-electron chi connectivity index (χ3n) is 5.71. The van der Waals surface area contributed by atoms with Crippen molar-refractivity contribution in [1.82, 2.24) is 5.32 Å². The standard InChI is InChI=1S/C23H22FN3OS/c1-27(21-3-2-4-22-20(21)13-19(14-25)29-22)18-11-9-17(10-12-18)26-23(28)15-5-7-16(24)8-6-15/h2-8,13,17-18H,9-12H2,1H3,(H,26,28). The first kappa shape index (κ1) is 19.4. The summed E-state index contributed by atoms with van der Waals surface area (Å²) in [4.78, 5) is 15.4. The van der Waals surface area contributed by atoms with Crippen LogP contribution >= 0.6 is 11.3 Å². The molecule has 1 fully saturated rings. The fraction of sp³-hybridized carbons (Fsp3) is 0.304. The Morgan fingerprint density at radius 1 is 1.17 bits per heavy atom. The van der Waals surface area contributed by atoms with Gasteiger partial charge in [-0.15, -0.1) is 11.3 Å². The molecule has 3 aromatic rings. The second kappa shape index (κ2) is 8.22. The van der Waals surface area contributed by atoms with Gasteiger partial charge in [0.1, 0.15) is 16.8 Å². The summed E-state index contributed by atoms with van der Waals surface area (Å²) in [7, 11) is 2.11. The number of nitrogens with zero attached hydrogens (tertiary/aromatic N) is 2. The van der Waals surface area contributed by atoms with Crippen LogP contribution < -0.4 is 10.2 Å². The van der Waals surface area contributed by atoms with Gasteiger partial charge in [0.05, 0.1) is 0 Å². The molecule has 0 unspecified atom stereocenters. The molecule has 29 heavy (non-hydrogen) atoms. The van der Waals surface area contributed by atoms with E-state index in [1.54, 1.807) is 0 Å². The minimum atomic E-state index is -0.340. The van der Waals surface area contributed by atoms with E-state index < -0.39 is 0 Å². The average molecular weight is 408 g/mol. The molecular weight excluding hydrogens is 385 g/mol. The molecular formula is C23H22FN3OS. The SMILES string of the molecule is CN(c1cccc2sc(C#N)cc12)C1CCC(NC(=O)c2ccc(F)cc2)CC1. The van der Waals surface area contributed by atoms with Crippen LogP contribution in [-0.4, -0.2) is 25.0 Å². The van der Waals surface area contributed by atoms with Crippen LogP contribution in [0.15, 0.2) is 48.5 Å². The number of amides is 1. The Balaban J connectivity index is 1.39. The Hall–Kier alpha value is -2.91. The van der Waals surface area contributed by atoms with Crippen LogP contribution in [0.4, 0.5) is 10.1 Å². The molecule has 0 atom stereocenters. The largest absolute Gasteiger partial charge is 0.371 e. The minimum absolute atomic E-state index is 0.138. The third-order valence-corrected chi connectivity index (χ3v) is 6.72. The highest BCUT2D eigenvalue weighted by molar-refractivity contribution is 7.19. The monoisotopic (exact) mass is 407 g/mol. The first-order valence-corrected chi connectivity index (χ1v) is 10.6. The number of carbonyl (C=O) groups is 1. The Kier molecular flexibility index (Phi) is 5.50. The number of benzene rings is 2. The molecule has 1 aliphatic rings. The first-order valence-electron chi connectivity index (χ1n) is 9.77. The highest BCUT2D eigenvalue weighted by atomic mass is 32.1. The molecule has 148 valence electrons. The zero-order valence-electron chi connectivity index (χ0n) is 16.2. The molecule has 0 saturated heterocycles. The fourth-order valence-corrected chi connectivity index (χ4v) is 4.96. The zero-order chi connectivity index (χ0) is 20.4. The predicted octanol–water partition coefficient (Wildman–Crippen LogP) is 5.09. The second-order valence-corrected chi connectivity index (χ2v) is 8.59. The maximum atomic E-state index is 13.0. The maximum absolute atomic E-state index is 13.0. The number of fused-ring (bicyclic) bond motifs is 1. The quantitative estimate of drug-likeness (QED) is 0.655. The number of thiophene rings is 1. The molecule has 1 saturated carbocycles. The van der Waals surface area contributed by atoms with Gasteiger partial charge in [-0.3, -0.25) is 4.79 Å². The van der Waals surface area contributed by atoms with E-state index in [1.165, 1.54) is 35.6 Å². The van der Waals surface area contributed by atoms with Gasteiger partial charge < -0.3 is 10.2 Å². The van der Waals surface area contributed by atoms with Crippen LogP contribution in [0, 0.1) is 17.1 Å². The van der Waals surface area contributed by atoms with Gasteiger partial charge in [-0.05, 0) is 68.1 Å². The van der Waals surface area contributed by atoms with Crippen molar-refractivity contribution in [2.24, 2.45) is 0 Å². The maximum Gasteiger partial charge on any atom is 0.251 e. The van der Waals surface area contributed by atoms with Crippen LogP contribution in [-0.2, 0) is 0 Å². The number of anilines is 1. The van der Waals surface area contributed by atoms with Gasteiger partial charge in [-0.2, -0.15) is 5.26 Å². The third kappa shape index (κ3) is 4.10. The van der Waals surface area contributed by atoms with Crippen LogP contribution in [0.5, 0.6) is 0 Å². The molecule has 1 heterocycles. The van der Waals surface area contributed by atoms with Gasteiger partial charge in [-0.25, -0.2) is 4.39 Å². The van der Waals surface area contributed by atoms with E-state index in [-0.39, 0.29) is 17.8 Å². The smallest absolute Gasteiger partial charge is 0.251 e. The summed E-state index contributed by atoms with van der Waals surface area (Å²) in [5.41, 5.74) is 1.64. The summed E-state index contributed by atoms with van der Waals surface area (Å²) < 4.78 is 14.2. The van der Waals surface area contributed by atoms with Crippen molar-refractivity contribution in [2.45, 2.75) is 37.8 Å². The molecule has 6 heteroatoms. The van der Waals surface area contributed by atoms with Crippen molar-refractivity contribution < 1.29 is 9.18 Å². The van der Waals surface area contributed by atoms with Crippen molar-refractivity contribution in [2.75, 3.05) is 11.9 Å². The number of carbonyl (C=O) groups excluding carboxylic acids is 1. The zero-order valence-corrected chi connectivity index (χ0v) is 17.0. The van der Waals surface area contributed by atoms with Crippen molar-refractivity contribution in [3.05, 3.63) is 64.8 Å². The number of nitrogens with one attached hydrogen (secondary N) is 1. The number of halogens is 1. The van der Waals surface area contributed by atoms with Crippen LogP contribution in [0.3, 0.4) is 0 Å². The fourth-order valence-electron chi connectivity index (χ4n) is 4.08. The van der Waals surface area contributed by atoms with Gasteiger partial charge in [0.25, 0.3) is 5.91 Å². The molecule has 0 aliphatic heterocycles. The van der Waals surface area contributed by atoms with E-state index in [0.29, 0.717) is 11.6 Å². The molecule has 2 aromatic carbocycles. The van der Waals surface area contributed by atoms with E-state index >= 15 is 0 Å². The van der Waals surface area contributed by atoms with Crippen molar-refractivity contribution in [3.63, 3.8) is 0 Å². The summed E-state index contributed by atoms with van der Waals surface area (Å²) in [5.74, 6) is -0.485. The van der Waals surface area contributed by atoms with Gasteiger partial charge in [0.2, 0.25) is 0 Å². The molecule has 1 aromatic heterocycles. The van der Waals surface area contributed by atoms with Crippen LogP contribution in [0.25, 0.3) is 10.1 Å². The Morgan fingerprint density at radius 3 is 2.59 bits per heavy atom. The second-order valence-electron chi connectivity index (χ2n) is 7.51. The summed E-state index contributed by atoms with van der Waals surface area (Å²) >= 11 is 1.52. The van der Waals surface area contributed by atoms with Crippen LogP contribution in [0.1, 0.15) is 40.9 Å². The molecule has 0 radical (unpaired) electrons.